The normalized spacial score (nSPS) is 11.1. The van der Waals surface area contributed by atoms with Gasteiger partial charge in [-0.3, -0.25) is 0 Å². The lowest BCUT2D eigenvalue weighted by molar-refractivity contribution is 0.0293. The minimum absolute atomic E-state index is 0.490. The number of fused-ring (bicyclic) bond motifs is 1. The molecule has 0 bridgehead atoms. The first-order valence-corrected chi connectivity index (χ1v) is 13.3. The Morgan fingerprint density at radius 1 is 0.839 bits per heavy atom. The highest BCUT2D eigenvalue weighted by Crippen LogP contribution is 2.25. The lowest BCUT2D eigenvalue weighted by Crippen LogP contribution is -2.12. The van der Waals surface area contributed by atoms with Crippen molar-refractivity contribution in [3.8, 4) is 17.0 Å². The van der Waals surface area contributed by atoms with Gasteiger partial charge in [-0.2, -0.15) is 0 Å². The summed E-state index contributed by atoms with van der Waals surface area (Å²) in [6, 6.07) is 18.5. The third kappa shape index (κ3) is 7.80. The van der Waals surface area contributed by atoms with E-state index in [0.29, 0.717) is 39.6 Å². The van der Waals surface area contributed by atoms with E-state index in [1.807, 2.05) is 38.4 Å². The van der Waals surface area contributed by atoms with Gasteiger partial charge < -0.3 is 23.3 Å². The third-order valence-electron chi connectivity index (χ3n) is 4.56. The highest BCUT2D eigenvalue weighted by Gasteiger charge is 2.04. The highest BCUT2D eigenvalue weighted by molar-refractivity contribution is 14.2. The zero-order chi connectivity index (χ0) is 21.9. The molecule has 0 fully saturated rings. The predicted molar refractivity (Wildman–Crippen MR) is 136 cm³/mol. The van der Waals surface area contributed by atoms with Gasteiger partial charge in [0.25, 0.3) is 0 Å². The van der Waals surface area contributed by atoms with Gasteiger partial charge in [-0.15, -0.1) is 0 Å². The SMILES string of the molecule is CN(C)c1ccc(-c2ccc3cc(OCCOCCOCCOSI)ccc3n2)cc1. The first kappa shape index (κ1) is 24.1. The molecule has 0 atom stereocenters. The van der Waals surface area contributed by atoms with Gasteiger partial charge in [0.2, 0.25) is 0 Å². The van der Waals surface area contributed by atoms with Crippen LogP contribution in [0, 0.1) is 0 Å². The van der Waals surface area contributed by atoms with Crippen LogP contribution < -0.4 is 9.64 Å². The smallest absolute Gasteiger partial charge is 0.120 e. The molecule has 0 aliphatic rings. The second-order valence-corrected chi connectivity index (χ2v) is 8.39. The van der Waals surface area contributed by atoms with Crippen molar-refractivity contribution in [3.05, 3.63) is 54.6 Å². The zero-order valence-electron chi connectivity index (χ0n) is 17.8. The maximum Gasteiger partial charge on any atom is 0.120 e. The number of anilines is 1. The number of halogens is 1. The number of pyridine rings is 1. The van der Waals surface area contributed by atoms with Gasteiger partial charge >= 0.3 is 0 Å². The summed E-state index contributed by atoms with van der Waals surface area (Å²) in [5.74, 6) is 0.811. The van der Waals surface area contributed by atoms with Crippen LogP contribution in [-0.4, -0.2) is 58.7 Å². The van der Waals surface area contributed by atoms with Crippen LogP contribution in [0.25, 0.3) is 22.2 Å². The van der Waals surface area contributed by atoms with Crippen LogP contribution in [0.3, 0.4) is 0 Å². The van der Waals surface area contributed by atoms with Crippen molar-refractivity contribution >= 4 is 47.0 Å². The van der Waals surface area contributed by atoms with Crippen molar-refractivity contribution in [1.29, 1.82) is 0 Å². The van der Waals surface area contributed by atoms with E-state index in [2.05, 4.69) is 56.4 Å². The Hall–Kier alpha value is -1.59. The summed E-state index contributed by atoms with van der Waals surface area (Å²) in [5.41, 5.74) is 4.18. The standard InChI is InChI=1S/C23H27IN2O4S/c1-26(2)20-6-3-18(4-7-20)22-9-5-19-17-21(8-10-23(19)25-22)29-15-13-27-11-12-28-14-16-30-31-24/h3-10,17H,11-16H2,1-2H3. The van der Waals surface area contributed by atoms with E-state index >= 15 is 0 Å². The van der Waals surface area contributed by atoms with Gasteiger partial charge in [0.15, 0.2) is 0 Å². The summed E-state index contributed by atoms with van der Waals surface area (Å²) < 4.78 is 21.8. The van der Waals surface area contributed by atoms with Crippen LogP contribution in [0.2, 0.25) is 0 Å². The van der Waals surface area contributed by atoms with Gasteiger partial charge in [-0.05, 0) is 36.4 Å². The fourth-order valence-electron chi connectivity index (χ4n) is 2.95. The van der Waals surface area contributed by atoms with Crippen molar-refractivity contribution in [2.75, 3.05) is 58.6 Å². The first-order valence-electron chi connectivity index (χ1n) is 10.0. The van der Waals surface area contributed by atoms with E-state index in [0.717, 1.165) is 27.9 Å². The summed E-state index contributed by atoms with van der Waals surface area (Å²) in [7, 11) is 5.38. The van der Waals surface area contributed by atoms with E-state index in [9.17, 15) is 0 Å². The zero-order valence-corrected chi connectivity index (χ0v) is 20.7. The largest absolute Gasteiger partial charge is 0.491 e. The number of hydrogen-bond acceptors (Lipinski definition) is 7. The summed E-state index contributed by atoms with van der Waals surface area (Å²) in [6.45, 7) is 3.26. The quantitative estimate of drug-likeness (QED) is 0.160. The lowest BCUT2D eigenvalue weighted by atomic mass is 10.1. The van der Waals surface area contributed by atoms with Gasteiger partial charge in [0.05, 0.1) is 53.5 Å². The fourth-order valence-corrected chi connectivity index (χ4v) is 3.62. The summed E-state index contributed by atoms with van der Waals surface area (Å²) in [6.07, 6.45) is 0. The monoisotopic (exact) mass is 554 g/mol. The average Bonchev–Trinajstić information content (AvgIpc) is 2.80. The molecule has 1 aromatic heterocycles. The summed E-state index contributed by atoms with van der Waals surface area (Å²) in [5, 5.41) is 1.05. The first-order chi connectivity index (χ1) is 15.2. The Morgan fingerprint density at radius 3 is 2.26 bits per heavy atom. The molecule has 1 heterocycles. The number of aromatic nitrogens is 1. The van der Waals surface area contributed by atoms with Crippen molar-refractivity contribution in [3.63, 3.8) is 0 Å². The van der Waals surface area contributed by atoms with Crippen LogP contribution in [0.15, 0.2) is 54.6 Å². The number of nitrogens with zero attached hydrogens (tertiary/aromatic N) is 2. The summed E-state index contributed by atoms with van der Waals surface area (Å²) in [4.78, 5) is 6.88. The predicted octanol–water partition coefficient (Wildman–Crippen LogP) is 5.39. The van der Waals surface area contributed by atoms with Crippen molar-refractivity contribution in [2.45, 2.75) is 0 Å². The van der Waals surface area contributed by atoms with Crippen LogP contribution in [-0.2, 0) is 13.7 Å². The molecule has 0 saturated carbocycles. The molecule has 31 heavy (non-hydrogen) atoms. The molecule has 0 unspecified atom stereocenters. The molecule has 2 aromatic carbocycles. The van der Waals surface area contributed by atoms with Crippen LogP contribution in [0.4, 0.5) is 5.69 Å². The van der Waals surface area contributed by atoms with Gasteiger partial charge in [-0.25, -0.2) is 4.98 Å². The van der Waals surface area contributed by atoms with Crippen LogP contribution >= 0.6 is 30.4 Å². The van der Waals surface area contributed by atoms with E-state index in [4.69, 9.17) is 23.4 Å². The molecule has 0 amide bonds. The molecule has 0 aliphatic heterocycles. The van der Waals surface area contributed by atoms with E-state index < -0.39 is 0 Å². The van der Waals surface area contributed by atoms with Crippen molar-refractivity contribution in [1.82, 2.24) is 4.98 Å². The molecule has 166 valence electrons. The van der Waals surface area contributed by atoms with Crippen LogP contribution in [0.1, 0.15) is 0 Å². The van der Waals surface area contributed by atoms with Gasteiger partial charge in [0.1, 0.15) is 12.4 Å². The topological polar surface area (TPSA) is 53.1 Å². The molecule has 0 N–H and O–H groups in total. The number of ether oxygens (including phenoxy) is 3. The Bertz CT molecular complexity index is 941. The highest BCUT2D eigenvalue weighted by atomic mass is 127. The lowest BCUT2D eigenvalue weighted by Gasteiger charge is -2.12. The second-order valence-electron chi connectivity index (χ2n) is 6.95. The molecule has 0 saturated heterocycles. The summed E-state index contributed by atoms with van der Waals surface area (Å²) >= 11 is 2.08. The molecular formula is C23H27IN2O4S. The fraction of sp³-hybridized carbons (Fsp3) is 0.348. The second kappa shape index (κ2) is 13.1. The Morgan fingerprint density at radius 2 is 1.55 bits per heavy atom. The van der Waals surface area contributed by atoms with Gasteiger partial charge in [-0.1, -0.05) is 18.2 Å². The molecule has 0 aliphatic carbocycles. The van der Waals surface area contributed by atoms with Crippen molar-refractivity contribution < 1.29 is 18.4 Å². The molecule has 8 heteroatoms. The Balaban J connectivity index is 1.45. The molecule has 0 radical (unpaired) electrons. The average molecular weight is 554 g/mol. The van der Waals surface area contributed by atoms with E-state index in [1.165, 1.54) is 14.9 Å². The maximum atomic E-state index is 5.80. The van der Waals surface area contributed by atoms with E-state index in [-0.39, 0.29) is 0 Å². The third-order valence-corrected chi connectivity index (χ3v) is 5.58. The molecule has 3 aromatic rings. The molecule has 0 spiro atoms. The molecule has 3 rings (SSSR count). The Kier molecular flexibility index (Phi) is 10.1. The Labute approximate surface area is 200 Å². The minimum Gasteiger partial charge on any atom is -0.491 e. The number of hydrogen-bond donors (Lipinski definition) is 0. The van der Waals surface area contributed by atoms with Gasteiger partial charge in [0, 0.05) is 51.9 Å². The minimum atomic E-state index is 0.490. The van der Waals surface area contributed by atoms with Crippen molar-refractivity contribution in [2.24, 2.45) is 0 Å². The number of benzene rings is 2. The number of rotatable bonds is 13. The van der Waals surface area contributed by atoms with Crippen LogP contribution in [0.5, 0.6) is 5.75 Å². The molecular weight excluding hydrogens is 527 g/mol. The maximum absolute atomic E-state index is 5.80. The molecule has 6 nitrogen and oxygen atoms in total. The van der Waals surface area contributed by atoms with E-state index in [1.54, 1.807) is 0 Å².